The summed E-state index contributed by atoms with van der Waals surface area (Å²) >= 11 is 7.99. The van der Waals surface area contributed by atoms with E-state index in [4.69, 9.17) is 36.8 Å². The molecule has 1 aliphatic heterocycles. The number of fused-ring (bicyclic) bond motifs is 2. The molecule has 2 aromatic carbocycles. The van der Waals surface area contributed by atoms with E-state index in [0.717, 1.165) is 30.6 Å². The van der Waals surface area contributed by atoms with Crippen LogP contribution in [-0.2, 0) is 4.74 Å². The largest absolute Gasteiger partial charge is 0.463 e. The molecule has 45 heavy (non-hydrogen) atoms. The van der Waals surface area contributed by atoms with Gasteiger partial charge in [0.05, 0.1) is 27.8 Å². The summed E-state index contributed by atoms with van der Waals surface area (Å²) in [4.78, 5) is 11.6. The summed E-state index contributed by atoms with van der Waals surface area (Å²) in [5.74, 6) is -2.77. The molecular weight excluding hydrogens is 625 g/mol. The lowest BCUT2D eigenvalue weighted by Gasteiger charge is -2.25. The van der Waals surface area contributed by atoms with Gasteiger partial charge < -0.3 is 25.4 Å². The maximum atomic E-state index is 14.9. The SMILES string of the molecule is Cc1c(-c2ccc(F)c3sc(N)c(C#N)c23)c(Cl)cc2c(N3CCCOCC3)nc(OC[C@]3(CNC4(C)CC4)CC3(F)F)nc12. The van der Waals surface area contributed by atoms with Crippen molar-refractivity contribution >= 4 is 54.7 Å². The van der Waals surface area contributed by atoms with Gasteiger partial charge in [0.2, 0.25) is 0 Å². The molecule has 0 amide bonds. The number of hydrogen-bond donors (Lipinski definition) is 2. The van der Waals surface area contributed by atoms with Crippen molar-refractivity contribution in [3.05, 3.63) is 40.2 Å². The lowest BCUT2D eigenvalue weighted by atomic mass is 9.93. The summed E-state index contributed by atoms with van der Waals surface area (Å²) < 4.78 is 56.3. The number of aryl methyl sites for hydroxylation is 1. The number of halogens is 4. The van der Waals surface area contributed by atoms with Crippen LogP contribution in [0.15, 0.2) is 18.2 Å². The van der Waals surface area contributed by atoms with Gasteiger partial charge in [-0.15, -0.1) is 11.3 Å². The maximum Gasteiger partial charge on any atom is 0.318 e. The normalized spacial score (nSPS) is 21.9. The number of nitrogens with zero attached hydrogens (tertiary/aromatic N) is 4. The summed E-state index contributed by atoms with van der Waals surface area (Å²) in [5.41, 5.74) is 7.13. The molecule has 2 aromatic heterocycles. The molecule has 0 unspecified atom stereocenters. The van der Waals surface area contributed by atoms with Crippen LogP contribution in [0.2, 0.25) is 5.02 Å². The number of aromatic nitrogens is 2. The highest BCUT2D eigenvalue weighted by Gasteiger charge is 2.72. The minimum Gasteiger partial charge on any atom is -0.463 e. The van der Waals surface area contributed by atoms with E-state index in [1.54, 1.807) is 12.1 Å². The Kier molecular flexibility index (Phi) is 7.32. The molecule has 3 heterocycles. The lowest BCUT2D eigenvalue weighted by Crippen LogP contribution is -2.38. The molecule has 2 saturated carbocycles. The Morgan fingerprint density at radius 1 is 1.24 bits per heavy atom. The Morgan fingerprint density at radius 3 is 2.73 bits per heavy atom. The molecule has 0 radical (unpaired) electrons. The number of benzene rings is 2. The minimum absolute atomic E-state index is 0.0134. The fourth-order valence-electron chi connectivity index (χ4n) is 6.19. The summed E-state index contributed by atoms with van der Waals surface area (Å²) in [7, 11) is 0. The first kappa shape index (κ1) is 30.3. The van der Waals surface area contributed by atoms with Gasteiger partial charge in [-0.05, 0) is 56.4 Å². The number of nitriles is 1. The van der Waals surface area contributed by atoms with E-state index < -0.39 is 17.2 Å². The average molecular weight is 657 g/mol. The van der Waals surface area contributed by atoms with Gasteiger partial charge in [0.15, 0.2) is 0 Å². The number of rotatable bonds is 8. The van der Waals surface area contributed by atoms with Crippen LogP contribution in [0.1, 0.15) is 43.7 Å². The van der Waals surface area contributed by atoms with E-state index >= 15 is 0 Å². The summed E-state index contributed by atoms with van der Waals surface area (Å²) in [6, 6.07) is 6.78. The van der Waals surface area contributed by atoms with Crippen LogP contribution < -0.4 is 20.7 Å². The zero-order valence-electron chi connectivity index (χ0n) is 24.9. The Hall–Kier alpha value is -3.37. The van der Waals surface area contributed by atoms with E-state index in [0.29, 0.717) is 70.1 Å². The molecule has 4 aromatic rings. The molecule has 0 bridgehead atoms. The molecule has 3 N–H and O–H groups in total. The number of nitrogens with one attached hydrogen (secondary N) is 1. The molecular formula is C32H32ClF3N6O2S. The van der Waals surface area contributed by atoms with Crippen molar-refractivity contribution in [3.8, 4) is 23.2 Å². The molecule has 0 spiro atoms. The van der Waals surface area contributed by atoms with Gasteiger partial charge in [-0.3, -0.25) is 0 Å². The van der Waals surface area contributed by atoms with Crippen molar-refractivity contribution in [1.82, 2.24) is 15.3 Å². The number of nitrogens with two attached hydrogens (primary N) is 1. The first-order chi connectivity index (χ1) is 21.5. The second-order valence-electron chi connectivity index (χ2n) is 12.7. The standard InChI is InChI=1S/C32H32ClF3N6O2S/c1-17-23(18-4-5-22(34)26-24(18)20(13-37)27(38)45-26)21(33)12-19-25(17)40-29(41-28(19)42-8-3-10-43-11-9-42)44-16-31(14-32(31,35)36)15-39-30(2)6-7-30/h4-5,12,39H,3,6-11,14-16,38H2,1-2H3/t31-/m1/s1. The van der Waals surface area contributed by atoms with Crippen LogP contribution in [0.4, 0.5) is 24.0 Å². The van der Waals surface area contributed by atoms with Crippen molar-refractivity contribution in [2.45, 2.75) is 51.0 Å². The highest BCUT2D eigenvalue weighted by atomic mass is 35.5. The van der Waals surface area contributed by atoms with E-state index in [9.17, 15) is 18.4 Å². The predicted molar refractivity (Wildman–Crippen MR) is 170 cm³/mol. The van der Waals surface area contributed by atoms with E-state index in [-0.39, 0.29) is 46.4 Å². The monoisotopic (exact) mass is 656 g/mol. The molecule has 1 atom stereocenters. The smallest absolute Gasteiger partial charge is 0.318 e. The highest BCUT2D eigenvalue weighted by molar-refractivity contribution is 7.23. The zero-order valence-corrected chi connectivity index (χ0v) is 26.5. The average Bonchev–Trinajstić information content (AvgIpc) is 3.86. The van der Waals surface area contributed by atoms with Crippen molar-refractivity contribution in [2.75, 3.05) is 50.1 Å². The van der Waals surface area contributed by atoms with Gasteiger partial charge in [0.25, 0.3) is 5.92 Å². The van der Waals surface area contributed by atoms with Crippen LogP contribution in [-0.4, -0.2) is 60.9 Å². The van der Waals surface area contributed by atoms with Crippen molar-refractivity contribution < 1.29 is 22.6 Å². The summed E-state index contributed by atoms with van der Waals surface area (Å²) in [6.45, 7) is 6.11. The van der Waals surface area contributed by atoms with Crippen molar-refractivity contribution in [1.29, 1.82) is 5.26 Å². The van der Waals surface area contributed by atoms with Gasteiger partial charge in [0.1, 0.15) is 29.3 Å². The molecule has 236 valence electrons. The predicted octanol–water partition coefficient (Wildman–Crippen LogP) is 6.84. The maximum absolute atomic E-state index is 14.9. The Bertz CT molecular complexity index is 1880. The minimum atomic E-state index is -2.85. The molecule has 8 nitrogen and oxygen atoms in total. The number of ether oxygens (including phenoxy) is 2. The third kappa shape index (κ3) is 5.23. The van der Waals surface area contributed by atoms with Gasteiger partial charge in [-0.1, -0.05) is 17.7 Å². The Morgan fingerprint density at radius 2 is 2.02 bits per heavy atom. The van der Waals surface area contributed by atoms with Gasteiger partial charge in [0, 0.05) is 59.6 Å². The topological polar surface area (TPSA) is 109 Å². The second-order valence-corrected chi connectivity index (χ2v) is 14.1. The molecule has 7 rings (SSSR count). The van der Waals surface area contributed by atoms with Crippen LogP contribution in [0, 0.1) is 29.5 Å². The molecule has 3 fully saturated rings. The third-order valence-corrected chi connectivity index (χ3v) is 10.7. The van der Waals surface area contributed by atoms with Crippen LogP contribution in [0.25, 0.3) is 32.1 Å². The van der Waals surface area contributed by atoms with Gasteiger partial charge in [-0.25, -0.2) is 13.2 Å². The van der Waals surface area contributed by atoms with Crippen LogP contribution in [0.3, 0.4) is 0 Å². The third-order valence-electron chi connectivity index (χ3n) is 9.41. The number of thiophene rings is 1. The van der Waals surface area contributed by atoms with Crippen molar-refractivity contribution in [3.63, 3.8) is 0 Å². The number of hydrogen-bond acceptors (Lipinski definition) is 9. The molecule has 13 heteroatoms. The second kappa shape index (κ2) is 10.9. The molecule has 3 aliphatic rings. The highest BCUT2D eigenvalue weighted by Crippen LogP contribution is 2.60. The quantitative estimate of drug-likeness (QED) is 0.212. The number of alkyl halides is 2. The fraction of sp³-hybridized carbons (Fsp3) is 0.469. The summed E-state index contributed by atoms with van der Waals surface area (Å²) in [6.07, 6.45) is 2.43. The fourth-order valence-corrected chi connectivity index (χ4v) is 7.49. The van der Waals surface area contributed by atoms with Gasteiger partial charge in [-0.2, -0.15) is 15.2 Å². The van der Waals surface area contributed by atoms with E-state index in [1.165, 1.54) is 6.07 Å². The first-order valence-electron chi connectivity index (χ1n) is 15.0. The lowest BCUT2D eigenvalue weighted by molar-refractivity contribution is 0.0390. The van der Waals surface area contributed by atoms with Crippen LogP contribution in [0.5, 0.6) is 6.01 Å². The molecule has 2 aliphatic carbocycles. The zero-order chi connectivity index (χ0) is 31.7. The number of anilines is 2. The van der Waals surface area contributed by atoms with E-state index in [1.807, 2.05) is 13.8 Å². The number of nitrogen functional groups attached to an aromatic ring is 1. The van der Waals surface area contributed by atoms with Gasteiger partial charge >= 0.3 is 6.01 Å². The first-order valence-corrected chi connectivity index (χ1v) is 16.2. The molecule has 1 saturated heterocycles. The Balaban J connectivity index is 1.35. The van der Waals surface area contributed by atoms with Crippen molar-refractivity contribution in [2.24, 2.45) is 5.41 Å². The van der Waals surface area contributed by atoms with Crippen LogP contribution >= 0.6 is 22.9 Å². The Labute approximate surface area is 267 Å². The van der Waals surface area contributed by atoms with E-state index in [2.05, 4.69) is 16.3 Å². The summed E-state index contributed by atoms with van der Waals surface area (Å²) in [5, 5.41) is 14.8.